The molecule has 7 heteroatoms. The van der Waals surface area contributed by atoms with Crippen molar-refractivity contribution in [1.29, 1.82) is 0 Å². The third-order valence-corrected chi connectivity index (χ3v) is 7.77. The molecule has 3 heterocycles. The molecule has 5 nitrogen and oxygen atoms in total. The van der Waals surface area contributed by atoms with Crippen molar-refractivity contribution >= 4 is 30.2 Å². The molecule has 32 heavy (non-hydrogen) atoms. The highest BCUT2D eigenvalue weighted by Crippen LogP contribution is 2.57. The Hall–Kier alpha value is -0.820. The van der Waals surface area contributed by atoms with Crippen LogP contribution in [0, 0.1) is 10.8 Å². The molecule has 2 aliphatic carbocycles. The van der Waals surface area contributed by atoms with Gasteiger partial charge in [0.15, 0.2) is 0 Å². The van der Waals surface area contributed by atoms with Gasteiger partial charge in [0.05, 0.1) is 19.3 Å². The first kappa shape index (κ1) is 25.8. The van der Waals surface area contributed by atoms with Gasteiger partial charge in [-0.15, -0.1) is 0 Å². The third kappa shape index (κ3) is 4.84. The first-order valence-electron chi connectivity index (χ1n) is 11.8. The molecular weight excluding hydrogens is 446 g/mol. The number of aliphatic hydroxyl groups is 1. The molecule has 1 atom stereocenters. The maximum atomic E-state index is 12.5. The Balaban J connectivity index is 0.000000317. The van der Waals surface area contributed by atoms with Crippen LogP contribution in [0.15, 0.2) is 0 Å². The number of esters is 1. The Morgan fingerprint density at radius 1 is 1.19 bits per heavy atom. The molecule has 0 aromatic carbocycles. The maximum absolute atomic E-state index is 12.5. The van der Waals surface area contributed by atoms with Gasteiger partial charge in [-0.05, 0) is 42.8 Å². The third-order valence-electron chi connectivity index (χ3n) is 7.49. The predicted octanol–water partition coefficient (Wildman–Crippen LogP) is 6.05. The Kier molecular flexibility index (Phi) is 7.91. The van der Waals surface area contributed by atoms with Gasteiger partial charge in [-0.25, -0.2) is 9.78 Å². The highest BCUT2D eigenvalue weighted by molar-refractivity contribution is 7.79. The van der Waals surface area contributed by atoms with Crippen LogP contribution >= 0.6 is 24.2 Å². The van der Waals surface area contributed by atoms with Crippen molar-refractivity contribution in [3.8, 4) is 0 Å². The smallest absolute Gasteiger partial charge is 0.342 e. The summed E-state index contributed by atoms with van der Waals surface area (Å²) in [5, 5.41) is 11.2. The Bertz CT molecular complexity index is 841. The van der Waals surface area contributed by atoms with Gasteiger partial charge in [-0.1, -0.05) is 52.1 Å². The summed E-state index contributed by atoms with van der Waals surface area (Å²) in [6.45, 7) is 10.0. The van der Waals surface area contributed by atoms with Crippen LogP contribution in [0.2, 0.25) is 5.15 Å². The van der Waals surface area contributed by atoms with E-state index < -0.39 is 17.7 Å². The lowest BCUT2D eigenvalue weighted by Crippen LogP contribution is -2.40. The van der Waals surface area contributed by atoms with Gasteiger partial charge < -0.3 is 14.6 Å². The van der Waals surface area contributed by atoms with E-state index in [1.54, 1.807) is 6.26 Å². The average Bonchev–Trinajstić information content (AvgIpc) is 3.00. The molecule has 180 valence electrons. The minimum Gasteiger partial charge on any atom is -0.450 e. The summed E-state index contributed by atoms with van der Waals surface area (Å²) in [5.41, 5.74) is 2.84. The number of halogens is 1. The van der Waals surface area contributed by atoms with Crippen molar-refractivity contribution in [3.63, 3.8) is 0 Å². The van der Waals surface area contributed by atoms with Crippen molar-refractivity contribution in [2.75, 3.05) is 19.5 Å². The van der Waals surface area contributed by atoms with Gasteiger partial charge in [-0.2, -0.15) is 12.6 Å². The van der Waals surface area contributed by atoms with E-state index in [-0.39, 0.29) is 10.6 Å². The van der Waals surface area contributed by atoms with E-state index in [9.17, 15) is 9.90 Å². The maximum Gasteiger partial charge on any atom is 0.342 e. The Morgan fingerprint density at radius 3 is 2.28 bits per heavy atom. The van der Waals surface area contributed by atoms with E-state index in [2.05, 4.69) is 45.3 Å². The quantitative estimate of drug-likeness (QED) is 0.267. The molecule has 4 aliphatic rings. The highest BCUT2D eigenvalue weighted by Gasteiger charge is 2.53. The number of hydrogen-bond donors (Lipinski definition) is 2. The van der Waals surface area contributed by atoms with E-state index in [4.69, 9.17) is 21.1 Å². The number of hydrogen-bond acceptors (Lipinski definition) is 6. The summed E-state index contributed by atoms with van der Waals surface area (Å²) in [4.78, 5) is 17.0. The number of rotatable bonds is 0. The van der Waals surface area contributed by atoms with E-state index in [1.807, 2.05) is 0 Å². The van der Waals surface area contributed by atoms with Gasteiger partial charge in [0.2, 0.25) is 0 Å². The topological polar surface area (TPSA) is 68.7 Å². The lowest BCUT2D eigenvalue weighted by Gasteiger charge is -2.47. The first-order chi connectivity index (χ1) is 15.1. The highest BCUT2D eigenvalue weighted by atomic mass is 35.5. The fraction of sp³-hybridized carbons (Fsp3) is 0.760. The monoisotopic (exact) mass is 483 g/mol. The van der Waals surface area contributed by atoms with E-state index >= 15 is 0 Å². The molecule has 5 rings (SSSR count). The van der Waals surface area contributed by atoms with Crippen LogP contribution in [0.25, 0.3) is 0 Å². The second-order valence-corrected chi connectivity index (χ2v) is 11.0. The molecule has 1 saturated heterocycles. The summed E-state index contributed by atoms with van der Waals surface area (Å²) < 4.78 is 11.3. The molecule has 2 aliphatic heterocycles. The summed E-state index contributed by atoms with van der Waals surface area (Å²) in [5.74, 6) is -0.414. The van der Waals surface area contributed by atoms with Crippen LogP contribution in [0.4, 0.5) is 0 Å². The number of nitrogens with zero attached hydrogens (tertiary/aromatic N) is 1. The minimum atomic E-state index is -0.702. The average molecular weight is 484 g/mol. The molecule has 0 bridgehead atoms. The largest absolute Gasteiger partial charge is 0.450 e. The summed E-state index contributed by atoms with van der Waals surface area (Å²) in [7, 11) is 0. The second kappa shape index (κ2) is 9.81. The van der Waals surface area contributed by atoms with Crippen LogP contribution in [0.1, 0.15) is 106 Å². The van der Waals surface area contributed by atoms with Crippen molar-refractivity contribution in [2.24, 2.45) is 10.8 Å². The van der Waals surface area contributed by atoms with Gasteiger partial charge >= 0.3 is 5.97 Å². The number of carbonyl (C=O) groups excluding carboxylic acids is 1. The lowest BCUT2D eigenvalue weighted by molar-refractivity contribution is -0.0754. The number of ether oxygens (including phenoxy) is 2. The molecule has 0 radical (unpaired) electrons. The predicted molar refractivity (Wildman–Crippen MR) is 131 cm³/mol. The molecule has 2 spiro atoms. The zero-order valence-electron chi connectivity index (χ0n) is 20.1. The molecule has 1 aromatic heterocycles. The fourth-order valence-electron chi connectivity index (χ4n) is 5.10. The normalized spacial score (nSPS) is 24.2. The minimum absolute atomic E-state index is 0.170. The van der Waals surface area contributed by atoms with E-state index in [0.717, 1.165) is 42.5 Å². The number of pyridine rings is 1. The summed E-state index contributed by atoms with van der Waals surface area (Å²) in [6, 6.07) is 0. The second-order valence-electron chi connectivity index (χ2n) is 10.7. The molecule has 0 amide bonds. The van der Waals surface area contributed by atoms with Crippen molar-refractivity contribution in [3.05, 3.63) is 27.5 Å². The zero-order valence-corrected chi connectivity index (χ0v) is 21.7. The molecule has 1 N–H and O–H groups in total. The summed E-state index contributed by atoms with van der Waals surface area (Å²) in [6.07, 6.45) is 8.65. The number of aromatic nitrogens is 1. The van der Waals surface area contributed by atoms with Crippen molar-refractivity contribution in [1.82, 2.24) is 4.98 Å². The van der Waals surface area contributed by atoms with Gasteiger partial charge in [0, 0.05) is 29.7 Å². The molecule has 1 saturated carbocycles. The lowest BCUT2D eigenvalue weighted by atomic mass is 9.59. The van der Waals surface area contributed by atoms with E-state index in [0.29, 0.717) is 37.0 Å². The SMILES string of the molecule is CCC(C)(C)C.CS.O=C1OC2(CCOCC2)c2c1c(Cl)nc1c2C(O)CC2(CCC2)C1. The Morgan fingerprint density at radius 2 is 1.78 bits per heavy atom. The van der Waals surface area contributed by atoms with Crippen molar-refractivity contribution in [2.45, 2.75) is 90.8 Å². The zero-order chi connectivity index (χ0) is 23.7. The molecule has 1 unspecified atom stereocenters. The Labute approximate surface area is 203 Å². The van der Waals surface area contributed by atoms with Crippen molar-refractivity contribution < 1.29 is 19.4 Å². The van der Waals surface area contributed by atoms with Crippen LogP contribution in [-0.4, -0.2) is 35.5 Å². The van der Waals surface area contributed by atoms with E-state index in [1.165, 1.54) is 12.8 Å². The van der Waals surface area contributed by atoms with Crippen LogP contribution in [0.5, 0.6) is 0 Å². The summed E-state index contributed by atoms with van der Waals surface area (Å²) >= 11 is 9.91. The molecule has 2 fully saturated rings. The van der Waals surface area contributed by atoms with Gasteiger partial charge in [0.25, 0.3) is 0 Å². The number of fused-ring (bicyclic) bond motifs is 4. The number of carbonyl (C=O) groups is 1. The van der Waals surface area contributed by atoms with Crippen LogP contribution in [0.3, 0.4) is 0 Å². The number of thiol groups is 1. The first-order valence-corrected chi connectivity index (χ1v) is 13.0. The van der Waals surface area contributed by atoms with Crippen LogP contribution in [-0.2, 0) is 21.5 Å². The van der Waals surface area contributed by atoms with Crippen LogP contribution < -0.4 is 0 Å². The number of aliphatic hydroxyl groups excluding tert-OH is 1. The standard InChI is InChI=1S/C18H20ClNO4.C6H14.CH4S/c19-15-13-14(18(24-16(13)22)4-6-23-7-5-18)12-10(20-15)8-17(2-1-3-17)9-11(12)21;1-5-6(2,3)4;1-2/h11,21H,1-9H2;5H2,1-4H3;2H,1H3. The van der Waals surface area contributed by atoms with Gasteiger partial charge in [-0.3, -0.25) is 0 Å². The molecular formula is C25H38ClNO4S. The molecule has 1 aromatic rings. The van der Waals surface area contributed by atoms with Gasteiger partial charge in [0.1, 0.15) is 16.3 Å². The fourth-order valence-corrected chi connectivity index (χ4v) is 5.37.